The number of nitrogens with zero attached hydrogens (tertiary/aromatic N) is 3. The smallest absolute Gasteiger partial charge is 0.136 e. The lowest BCUT2D eigenvalue weighted by Gasteiger charge is -2.21. The average molecular weight is 295 g/mol. The van der Waals surface area contributed by atoms with Crippen molar-refractivity contribution in [3.05, 3.63) is 77.4 Å². The van der Waals surface area contributed by atoms with Crippen LogP contribution in [0.2, 0.25) is 0 Å². The number of ether oxygens (including phenoxy) is 1. The second-order valence-corrected chi connectivity index (χ2v) is 5.09. The molecule has 0 spiro atoms. The summed E-state index contributed by atoms with van der Waals surface area (Å²) in [5, 5.41) is 5.24. The van der Waals surface area contributed by atoms with Crippen molar-refractivity contribution in [3.8, 4) is 0 Å². The summed E-state index contributed by atoms with van der Waals surface area (Å²) in [7, 11) is 1.86. The monoisotopic (exact) mass is 295 g/mol. The Morgan fingerprint density at radius 3 is 2.82 bits per heavy atom. The van der Waals surface area contributed by atoms with Gasteiger partial charge in [-0.2, -0.15) is 0 Å². The van der Waals surface area contributed by atoms with Gasteiger partial charge in [-0.05, 0) is 21.5 Å². The van der Waals surface area contributed by atoms with E-state index >= 15 is 0 Å². The molecule has 1 heterocycles. The highest BCUT2D eigenvalue weighted by molar-refractivity contribution is 5.85. The van der Waals surface area contributed by atoms with Crippen LogP contribution in [-0.4, -0.2) is 23.6 Å². The predicted octanol–water partition coefficient (Wildman–Crippen LogP) is 3.60. The zero-order valence-electron chi connectivity index (χ0n) is 12.3. The Bertz CT molecular complexity index is 734. The first-order chi connectivity index (χ1) is 10.8. The number of hydrogen-bond donors (Lipinski definition) is 0. The molecule has 0 saturated carbocycles. The number of hydrogen-bond acceptors (Lipinski definition) is 5. The van der Waals surface area contributed by atoms with E-state index in [1.807, 2.05) is 47.4 Å². The molecule has 0 aliphatic carbocycles. The average Bonchev–Trinajstić information content (AvgIpc) is 2.89. The van der Waals surface area contributed by atoms with Crippen LogP contribution in [-0.2, 0) is 11.3 Å². The van der Waals surface area contributed by atoms with Crippen LogP contribution in [0.25, 0.3) is 10.8 Å². The highest BCUT2D eigenvalue weighted by atomic mass is 16.5. The lowest BCUT2D eigenvalue weighted by molar-refractivity contribution is 0.0546. The van der Waals surface area contributed by atoms with Crippen molar-refractivity contribution in [3.63, 3.8) is 0 Å². The Kier molecular flexibility index (Phi) is 4.16. The summed E-state index contributed by atoms with van der Waals surface area (Å²) in [5.74, 6) is 0.702. The van der Waals surface area contributed by atoms with Crippen LogP contribution in [0.15, 0.2) is 72.1 Å². The molecule has 0 unspecified atom stereocenters. The van der Waals surface area contributed by atoms with Crippen molar-refractivity contribution in [2.45, 2.75) is 6.61 Å². The standard InChI is InChI=1S/C17H17N3O2/c1-19-9-10-20(17(19)11-18-21)13-22-12-15-7-4-6-14-5-2-3-8-16(14)15/h2-11H,12-13H2,1H3/b17-11+. The number of nitroso groups, excluding NO2 is 1. The Balaban J connectivity index is 1.67. The van der Waals surface area contributed by atoms with Gasteiger partial charge in [0.25, 0.3) is 0 Å². The Morgan fingerprint density at radius 2 is 1.95 bits per heavy atom. The molecule has 0 amide bonds. The third-order valence-corrected chi connectivity index (χ3v) is 3.66. The van der Waals surface area contributed by atoms with E-state index in [2.05, 4.69) is 29.4 Å². The summed E-state index contributed by atoms with van der Waals surface area (Å²) in [4.78, 5) is 14.1. The zero-order chi connectivity index (χ0) is 15.4. The van der Waals surface area contributed by atoms with Crippen molar-refractivity contribution >= 4 is 10.8 Å². The summed E-state index contributed by atoms with van der Waals surface area (Å²) in [6, 6.07) is 14.4. The highest BCUT2D eigenvalue weighted by Crippen LogP contribution is 2.21. The van der Waals surface area contributed by atoms with Gasteiger partial charge in [0, 0.05) is 19.4 Å². The first-order valence-corrected chi connectivity index (χ1v) is 7.04. The largest absolute Gasteiger partial charge is 0.356 e. The van der Waals surface area contributed by atoms with E-state index in [9.17, 15) is 4.91 Å². The summed E-state index contributed by atoms with van der Waals surface area (Å²) in [6.45, 7) is 0.878. The van der Waals surface area contributed by atoms with Gasteiger partial charge in [0.05, 0.1) is 6.61 Å². The van der Waals surface area contributed by atoms with Gasteiger partial charge in [0.1, 0.15) is 18.8 Å². The van der Waals surface area contributed by atoms with Crippen LogP contribution in [0.5, 0.6) is 0 Å². The van der Waals surface area contributed by atoms with Crippen LogP contribution in [0, 0.1) is 4.91 Å². The molecule has 1 aliphatic heterocycles. The maximum Gasteiger partial charge on any atom is 0.136 e. The molecule has 0 bridgehead atoms. The Labute approximate surface area is 129 Å². The number of fused-ring (bicyclic) bond motifs is 1. The van der Waals surface area contributed by atoms with E-state index < -0.39 is 0 Å². The number of benzene rings is 2. The van der Waals surface area contributed by atoms with E-state index in [0.29, 0.717) is 19.2 Å². The second kappa shape index (κ2) is 6.41. The van der Waals surface area contributed by atoms with E-state index in [1.165, 1.54) is 17.0 Å². The van der Waals surface area contributed by atoms with Gasteiger partial charge in [-0.3, -0.25) is 0 Å². The second-order valence-electron chi connectivity index (χ2n) is 5.09. The lowest BCUT2D eigenvalue weighted by Crippen LogP contribution is -2.22. The molecular formula is C17H17N3O2. The maximum atomic E-state index is 10.4. The van der Waals surface area contributed by atoms with Gasteiger partial charge in [0.2, 0.25) is 0 Å². The van der Waals surface area contributed by atoms with Gasteiger partial charge in [-0.1, -0.05) is 42.5 Å². The Morgan fingerprint density at radius 1 is 1.14 bits per heavy atom. The molecule has 0 fully saturated rings. The SMILES string of the molecule is CN1C=CN(COCc2cccc3ccccc23)/C1=C/N=O. The molecule has 2 aromatic carbocycles. The minimum atomic E-state index is 0.366. The molecule has 5 nitrogen and oxygen atoms in total. The fourth-order valence-electron chi connectivity index (χ4n) is 2.53. The first-order valence-electron chi connectivity index (χ1n) is 7.04. The van der Waals surface area contributed by atoms with Crippen molar-refractivity contribution in [1.82, 2.24) is 9.80 Å². The molecule has 2 aromatic rings. The summed E-state index contributed by atoms with van der Waals surface area (Å²) in [6.07, 6.45) is 5.00. The molecule has 1 aliphatic rings. The zero-order valence-corrected chi connectivity index (χ0v) is 12.3. The van der Waals surface area contributed by atoms with Gasteiger partial charge in [-0.15, -0.1) is 4.91 Å². The van der Waals surface area contributed by atoms with Gasteiger partial charge in [-0.25, -0.2) is 0 Å². The van der Waals surface area contributed by atoms with E-state index in [0.717, 1.165) is 5.56 Å². The molecule has 0 aromatic heterocycles. The molecule has 0 radical (unpaired) electrons. The normalized spacial score (nSPS) is 16.0. The number of rotatable bonds is 5. The van der Waals surface area contributed by atoms with Crippen LogP contribution in [0.4, 0.5) is 0 Å². The Hall–Kier alpha value is -2.66. The van der Waals surface area contributed by atoms with E-state index in [-0.39, 0.29) is 0 Å². The first kappa shape index (κ1) is 14.3. The fourth-order valence-corrected chi connectivity index (χ4v) is 2.53. The molecule has 5 heteroatoms. The highest BCUT2D eigenvalue weighted by Gasteiger charge is 2.16. The van der Waals surface area contributed by atoms with Gasteiger partial charge < -0.3 is 14.5 Å². The molecule has 3 rings (SSSR count). The van der Waals surface area contributed by atoms with Crippen LogP contribution < -0.4 is 0 Å². The molecular weight excluding hydrogens is 278 g/mol. The summed E-state index contributed by atoms with van der Waals surface area (Å²) < 4.78 is 5.80. The van der Waals surface area contributed by atoms with Gasteiger partial charge >= 0.3 is 0 Å². The summed E-state index contributed by atoms with van der Waals surface area (Å²) >= 11 is 0. The molecule has 0 atom stereocenters. The minimum absolute atomic E-state index is 0.366. The van der Waals surface area contributed by atoms with Crippen LogP contribution in [0.3, 0.4) is 0 Å². The van der Waals surface area contributed by atoms with Crippen molar-refractivity contribution in [1.29, 1.82) is 0 Å². The van der Waals surface area contributed by atoms with E-state index in [4.69, 9.17) is 4.74 Å². The molecule has 0 N–H and O–H groups in total. The van der Waals surface area contributed by atoms with Crippen LogP contribution in [0.1, 0.15) is 5.56 Å². The van der Waals surface area contributed by atoms with Crippen LogP contribution >= 0.6 is 0 Å². The van der Waals surface area contributed by atoms with Gasteiger partial charge in [0.15, 0.2) is 0 Å². The topological polar surface area (TPSA) is 45.1 Å². The van der Waals surface area contributed by atoms with E-state index in [1.54, 1.807) is 0 Å². The lowest BCUT2D eigenvalue weighted by atomic mass is 10.1. The molecule has 112 valence electrons. The maximum absolute atomic E-state index is 10.4. The van der Waals surface area contributed by atoms with Crippen molar-refractivity contribution in [2.75, 3.05) is 13.8 Å². The fraction of sp³-hybridized carbons (Fsp3) is 0.176. The summed E-state index contributed by atoms with van der Waals surface area (Å²) in [5.41, 5.74) is 1.15. The molecule has 0 saturated heterocycles. The van der Waals surface area contributed by atoms with Crippen molar-refractivity contribution in [2.24, 2.45) is 5.18 Å². The van der Waals surface area contributed by atoms with Crippen molar-refractivity contribution < 1.29 is 4.74 Å². The third kappa shape index (κ3) is 2.84. The third-order valence-electron chi connectivity index (χ3n) is 3.66. The predicted molar refractivity (Wildman–Crippen MR) is 86.2 cm³/mol. The quantitative estimate of drug-likeness (QED) is 0.791. The molecule has 22 heavy (non-hydrogen) atoms. The minimum Gasteiger partial charge on any atom is -0.356 e.